The van der Waals surface area contributed by atoms with Gasteiger partial charge in [0.2, 0.25) is 0 Å². The topological polar surface area (TPSA) is 109 Å². The number of H-pyrrole nitrogens is 1. The normalized spacial score (nSPS) is 19.1. The number of hydrogen-bond donors (Lipinski definition) is 2. The summed E-state index contributed by atoms with van der Waals surface area (Å²) in [6.45, 7) is 2.54. The van der Waals surface area contributed by atoms with Crippen LogP contribution in [-0.4, -0.2) is 54.0 Å². The van der Waals surface area contributed by atoms with Gasteiger partial charge in [-0.1, -0.05) is 6.92 Å². The Labute approximate surface area is 112 Å². The number of nitrogens with zero attached hydrogens (tertiary/aromatic N) is 2. The largest absolute Gasteiger partial charge is 0.395 e. The van der Waals surface area contributed by atoms with Crippen molar-refractivity contribution in [2.45, 2.75) is 19.8 Å². The molecular formula is C11H18N4O3S. The van der Waals surface area contributed by atoms with Crippen molar-refractivity contribution < 1.29 is 13.2 Å². The number of aromatic nitrogens is 2. The van der Waals surface area contributed by atoms with Crippen LogP contribution >= 0.6 is 0 Å². The van der Waals surface area contributed by atoms with Crippen LogP contribution < -0.4 is 5.73 Å². The van der Waals surface area contributed by atoms with E-state index in [4.69, 9.17) is 5.73 Å². The van der Waals surface area contributed by atoms with Crippen molar-refractivity contribution in [1.29, 1.82) is 0 Å². The van der Waals surface area contributed by atoms with Gasteiger partial charge in [-0.25, -0.2) is 8.42 Å². The van der Waals surface area contributed by atoms with E-state index in [-0.39, 0.29) is 29.7 Å². The Kier molecular flexibility index (Phi) is 3.79. The maximum Gasteiger partial charge on any atom is 0.276 e. The molecule has 106 valence electrons. The Hall–Kier alpha value is -1.57. The number of carbonyl (C=O) groups excluding carboxylic acids is 1. The van der Waals surface area contributed by atoms with Crippen molar-refractivity contribution in [3.8, 4) is 0 Å². The highest BCUT2D eigenvalue weighted by molar-refractivity contribution is 7.91. The third-order valence-electron chi connectivity index (χ3n) is 3.28. The number of rotatable bonds is 2. The first kappa shape index (κ1) is 13.9. The minimum Gasteiger partial charge on any atom is -0.395 e. The molecule has 1 aromatic heterocycles. The highest BCUT2D eigenvalue weighted by Crippen LogP contribution is 2.17. The minimum absolute atomic E-state index is 0.00367. The highest BCUT2D eigenvalue weighted by atomic mass is 32.2. The van der Waals surface area contributed by atoms with Gasteiger partial charge in [-0.2, -0.15) is 5.10 Å². The number of aromatic amines is 1. The zero-order valence-electron chi connectivity index (χ0n) is 10.8. The van der Waals surface area contributed by atoms with Gasteiger partial charge >= 0.3 is 0 Å². The van der Waals surface area contributed by atoms with Gasteiger partial charge in [-0.05, 0) is 12.8 Å². The summed E-state index contributed by atoms with van der Waals surface area (Å²) < 4.78 is 23.0. The fourth-order valence-electron chi connectivity index (χ4n) is 2.11. The van der Waals surface area contributed by atoms with Gasteiger partial charge in [0.1, 0.15) is 0 Å². The van der Waals surface area contributed by atoms with Gasteiger partial charge in [-0.3, -0.25) is 9.89 Å². The Balaban J connectivity index is 2.17. The first-order valence-corrected chi connectivity index (χ1v) is 8.09. The van der Waals surface area contributed by atoms with E-state index in [1.54, 1.807) is 0 Å². The molecule has 0 bridgehead atoms. The number of aryl methyl sites for hydroxylation is 1. The van der Waals surface area contributed by atoms with Crippen molar-refractivity contribution in [3.05, 3.63) is 11.4 Å². The average Bonchev–Trinajstić information content (AvgIpc) is 2.63. The van der Waals surface area contributed by atoms with E-state index in [0.29, 0.717) is 25.1 Å². The van der Waals surface area contributed by atoms with E-state index in [1.807, 2.05) is 6.92 Å². The maximum atomic E-state index is 12.3. The predicted octanol–water partition coefficient (Wildman–Crippen LogP) is -0.185. The van der Waals surface area contributed by atoms with E-state index in [9.17, 15) is 13.2 Å². The predicted molar refractivity (Wildman–Crippen MR) is 71.6 cm³/mol. The first-order chi connectivity index (χ1) is 8.94. The molecule has 8 heteroatoms. The van der Waals surface area contributed by atoms with Crippen LogP contribution in [0.5, 0.6) is 0 Å². The smallest absolute Gasteiger partial charge is 0.276 e. The maximum absolute atomic E-state index is 12.3. The van der Waals surface area contributed by atoms with Gasteiger partial charge in [0.15, 0.2) is 15.5 Å². The van der Waals surface area contributed by atoms with Crippen molar-refractivity contribution in [3.63, 3.8) is 0 Å². The van der Waals surface area contributed by atoms with Crippen molar-refractivity contribution in [2.24, 2.45) is 0 Å². The summed E-state index contributed by atoms with van der Waals surface area (Å²) in [6.07, 6.45) is 1.12. The lowest BCUT2D eigenvalue weighted by Gasteiger charge is -2.18. The average molecular weight is 286 g/mol. The summed E-state index contributed by atoms with van der Waals surface area (Å²) in [6, 6.07) is 0. The Morgan fingerprint density at radius 1 is 1.42 bits per heavy atom. The number of anilines is 1. The summed E-state index contributed by atoms with van der Waals surface area (Å²) in [4.78, 5) is 13.8. The Morgan fingerprint density at radius 3 is 2.79 bits per heavy atom. The summed E-state index contributed by atoms with van der Waals surface area (Å²) in [5.74, 6) is -0.165. The molecule has 19 heavy (non-hydrogen) atoms. The van der Waals surface area contributed by atoms with Crippen LogP contribution in [0.25, 0.3) is 0 Å². The molecule has 0 aromatic carbocycles. The molecule has 2 heterocycles. The molecule has 1 aliphatic heterocycles. The number of carbonyl (C=O) groups is 1. The molecule has 1 amide bonds. The second kappa shape index (κ2) is 5.20. The lowest BCUT2D eigenvalue weighted by molar-refractivity contribution is 0.0763. The molecule has 1 aromatic rings. The summed E-state index contributed by atoms with van der Waals surface area (Å²) in [5.41, 5.74) is 7.13. The summed E-state index contributed by atoms with van der Waals surface area (Å²) in [7, 11) is -3.03. The van der Waals surface area contributed by atoms with E-state index in [1.165, 1.54) is 4.90 Å². The lowest BCUT2D eigenvalue weighted by atomic mass is 10.2. The van der Waals surface area contributed by atoms with Crippen LogP contribution in [0.1, 0.15) is 29.5 Å². The highest BCUT2D eigenvalue weighted by Gasteiger charge is 2.26. The number of nitrogen functional groups attached to an aromatic ring is 1. The first-order valence-electron chi connectivity index (χ1n) is 6.27. The quantitative estimate of drug-likeness (QED) is 0.783. The van der Waals surface area contributed by atoms with E-state index in [0.717, 1.165) is 5.69 Å². The molecule has 1 aliphatic rings. The van der Waals surface area contributed by atoms with Crippen LogP contribution in [0, 0.1) is 0 Å². The number of hydrogen-bond acceptors (Lipinski definition) is 5. The fourth-order valence-corrected chi connectivity index (χ4v) is 3.38. The second-order valence-electron chi connectivity index (χ2n) is 4.62. The Morgan fingerprint density at radius 2 is 2.16 bits per heavy atom. The van der Waals surface area contributed by atoms with Crippen LogP contribution in [0.2, 0.25) is 0 Å². The molecule has 0 saturated carbocycles. The lowest BCUT2D eigenvalue weighted by Crippen LogP contribution is -2.34. The number of amides is 1. The van der Waals surface area contributed by atoms with Gasteiger partial charge < -0.3 is 10.6 Å². The molecule has 3 N–H and O–H groups in total. The second-order valence-corrected chi connectivity index (χ2v) is 6.92. The van der Waals surface area contributed by atoms with Crippen molar-refractivity contribution in [1.82, 2.24) is 15.1 Å². The molecule has 1 saturated heterocycles. The van der Waals surface area contributed by atoms with Gasteiger partial charge in [0.25, 0.3) is 5.91 Å². The van der Waals surface area contributed by atoms with Crippen molar-refractivity contribution in [2.75, 3.05) is 30.3 Å². The summed E-state index contributed by atoms with van der Waals surface area (Å²) in [5, 5.41) is 6.67. The molecule has 7 nitrogen and oxygen atoms in total. The van der Waals surface area contributed by atoms with Gasteiger partial charge in [0.05, 0.1) is 22.9 Å². The third-order valence-corrected chi connectivity index (χ3v) is 5.00. The van der Waals surface area contributed by atoms with Crippen LogP contribution in [-0.2, 0) is 16.3 Å². The molecule has 0 unspecified atom stereocenters. The minimum atomic E-state index is -3.03. The van der Waals surface area contributed by atoms with E-state index < -0.39 is 9.84 Å². The fraction of sp³-hybridized carbons (Fsp3) is 0.636. The summed E-state index contributed by atoms with van der Waals surface area (Å²) >= 11 is 0. The number of sulfone groups is 1. The van der Waals surface area contributed by atoms with Gasteiger partial charge in [0, 0.05) is 13.1 Å². The number of nitrogens with one attached hydrogen (secondary N) is 1. The number of nitrogens with two attached hydrogens (primary N) is 1. The molecule has 0 aliphatic carbocycles. The zero-order chi connectivity index (χ0) is 14.0. The van der Waals surface area contributed by atoms with Gasteiger partial charge in [-0.15, -0.1) is 0 Å². The molecule has 1 fully saturated rings. The SMILES string of the molecule is CCc1[nH]nc(C(=O)N2CCCS(=O)(=O)CC2)c1N. The molecule has 2 rings (SSSR count). The standard InChI is InChI=1S/C11H18N4O3S/c1-2-8-9(12)10(14-13-8)11(16)15-4-3-6-19(17,18)7-5-15/h2-7,12H2,1H3,(H,13,14). The van der Waals surface area contributed by atoms with Crippen molar-refractivity contribution >= 4 is 21.4 Å². The molecule has 0 atom stereocenters. The molecule has 0 spiro atoms. The van der Waals surface area contributed by atoms with Crippen LogP contribution in [0.4, 0.5) is 5.69 Å². The molecule has 0 radical (unpaired) electrons. The molecular weight excluding hydrogens is 268 g/mol. The van der Waals surface area contributed by atoms with E-state index >= 15 is 0 Å². The van der Waals surface area contributed by atoms with Crippen LogP contribution in [0.15, 0.2) is 0 Å². The monoisotopic (exact) mass is 286 g/mol. The zero-order valence-corrected chi connectivity index (χ0v) is 11.7. The Bertz CT molecular complexity index is 579. The third kappa shape index (κ3) is 2.89. The van der Waals surface area contributed by atoms with Crippen LogP contribution in [0.3, 0.4) is 0 Å². The van der Waals surface area contributed by atoms with E-state index in [2.05, 4.69) is 10.2 Å².